The van der Waals surface area contributed by atoms with Gasteiger partial charge in [-0.15, -0.1) is 0 Å². The second-order valence-electron chi connectivity index (χ2n) is 6.37. The predicted molar refractivity (Wildman–Crippen MR) is 100 cm³/mol. The van der Waals surface area contributed by atoms with Crippen LogP contribution < -0.4 is 14.8 Å². The van der Waals surface area contributed by atoms with Crippen molar-refractivity contribution in [3.63, 3.8) is 0 Å². The van der Waals surface area contributed by atoms with E-state index in [2.05, 4.69) is 11.4 Å². The molecule has 1 atom stereocenters. The molecule has 0 saturated heterocycles. The summed E-state index contributed by atoms with van der Waals surface area (Å²) in [6.45, 7) is 10.7. The van der Waals surface area contributed by atoms with Crippen molar-refractivity contribution in [2.24, 2.45) is 0 Å². The van der Waals surface area contributed by atoms with Gasteiger partial charge in [-0.3, -0.25) is 4.79 Å². The van der Waals surface area contributed by atoms with E-state index in [1.54, 1.807) is 6.92 Å². The van der Waals surface area contributed by atoms with Gasteiger partial charge in [0.2, 0.25) is 0 Å². The largest absolute Gasteiger partial charge is 0.491 e. The van der Waals surface area contributed by atoms with Crippen LogP contribution in [0.15, 0.2) is 36.4 Å². The van der Waals surface area contributed by atoms with Crippen LogP contribution in [0.5, 0.6) is 11.5 Å². The van der Waals surface area contributed by atoms with Crippen molar-refractivity contribution in [2.45, 2.75) is 40.7 Å². The number of benzene rings is 2. The fourth-order valence-corrected chi connectivity index (χ4v) is 2.54. The summed E-state index contributed by atoms with van der Waals surface area (Å²) < 4.78 is 11.5. The molecule has 2 aromatic carbocycles. The van der Waals surface area contributed by atoms with Gasteiger partial charge in [-0.25, -0.2) is 0 Å². The highest BCUT2D eigenvalue weighted by molar-refractivity contribution is 5.80. The second kappa shape index (κ2) is 8.56. The molecule has 0 fully saturated rings. The fourth-order valence-electron chi connectivity index (χ4n) is 2.54. The first-order valence-electron chi connectivity index (χ1n) is 8.59. The number of hydrogen-bond donors (Lipinski definition) is 1. The van der Waals surface area contributed by atoms with E-state index in [0.29, 0.717) is 13.2 Å². The van der Waals surface area contributed by atoms with Crippen LogP contribution in [0.1, 0.15) is 29.2 Å². The zero-order valence-electron chi connectivity index (χ0n) is 15.7. The Bertz CT molecular complexity index is 740. The number of nitrogens with one attached hydrogen (secondary N) is 1. The Balaban J connectivity index is 1.78. The minimum atomic E-state index is -0.554. The summed E-state index contributed by atoms with van der Waals surface area (Å²) >= 11 is 0. The number of rotatable bonds is 7. The molecule has 0 bridgehead atoms. The zero-order chi connectivity index (χ0) is 18.4. The summed E-state index contributed by atoms with van der Waals surface area (Å²) in [6.07, 6.45) is -0.554. The van der Waals surface area contributed by atoms with Crippen molar-refractivity contribution in [1.82, 2.24) is 5.32 Å². The van der Waals surface area contributed by atoms with Crippen molar-refractivity contribution in [2.75, 3.05) is 13.2 Å². The monoisotopic (exact) mass is 341 g/mol. The first kappa shape index (κ1) is 18.8. The minimum Gasteiger partial charge on any atom is -0.491 e. The van der Waals surface area contributed by atoms with E-state index in [-0.39, 0.29) is 5.91 Å². The lowest BCUT2D eigenvalue weighted by atomic mass is 10.1. The maximum absolute atomic E-state index is 12.2. The molecule has 134 valence electrons. The van der Waals surface area contributed by atoms with Gasteiger partial charge in [-0.05, 0) is 63.4 Å². The van der Waals surface area contributed by atoms with Gasteiger partial charge in [0, 0.05) is 0 Å². The van der Waals surface area contributed by atoms with E-state index in [9.17, 15) is 4.79 Å². The number of carbonyl (C=O) groups excluding carboxylic acids is 1. The van der Waals surface area contributed by atoms with Crippen molar-refractivity contribution < 1.29 is 14.3 Å². The summed E-state index contributed by atoms with van der Waals surface area (Å²) in [4.78, 5) is 12.2. The molecule has 0 radical (unpaired) electrons. The average molecular weight is 341 g/mol. The molecular weight excluding hydrogens is 314 g/mol. The second-order valence-corrected chi connectivity index (χ2v) is 6.37. The van der Waals surface area contributed by atoms with Gasteiger partial charge in [0.05, 0.1) is 6.54 Å². The molecule has 4 heteroatoms. The van der Waals surface area contributed by atoms with Gasteiger partial charge in [0.25, 0.3) is 5.91 Å². The summed E-state index contributed by atoms with van der Waals surface area (Å²) in [6, 6.07) is 11.9. The third kappa shape index (κ3) is 5.24. The summed E-state index contributed by atoms with van der Waals surface area (Å²) in [5.74, 6) is 1.44. The zero-order valence-corrected chi connectivity index (χ0v) is 15.7. The lowest BCUT2D eigenvalue weighted by molar-refractivity contribution is -0.127. The highest BCUT2D eigenvalue weighted by Gasteiger charge is 2.15. The van der Waals surface area contributed by atoms with Gasteiger partial charge in [0.15, 0.2) is 6.10 Å². The Labute approximate surface area is 150 Å². The van der Waals surface area contributed by atoms with Crippen LogP contribution in [-0.2, 0) is 4.79 Å². The predicted octanol–water partition coefficient (Wildman–Crippen LogP) is 3.88. The van der Waals surface area contributed by atoms with Crippen molar-refractivity contribution in [3.05, 3.63) is 58.7 Å². The van der Waals surface area contributed by atoms with Crippen LogP contribution in [0.3, 0.4) is 0 Å². The summed E-state index contributed by atoms with van der Waals surface area (Å²) in [5.41, 5.74) is 4.50. The summed E-state index contributed by atoms with van der Waals surface area (Å²) in [7, 11) is 0. The van der Waals surface area contributed by atoms with E-state index in [0.717, 1.165) is 28.2 Å². The van der Waals surface area contributed by atoms with E-state index < -0.39 is 6.10 Å². The first-order valence-corrected chi connectivity index (χ1v) is 8.59. The number of aryl methyl sites for hydroxylation is 3. The highest BCUT2D eigenvalue weighted by atomic mass is 16.5. The van der Waals surface area contributed by atoms with Crippen molar-refractivity contribution >= 4 is 5.91 Å². The van der Waals surface area contributed by atoms with Gasteiger partial charge in [0.1, 0.15) is 18.1 Å². The molecule has 25 heavy (non-hydrogen) atoms. The molecule has 2 rings (SSSR count). The van der Waals surface area contributed by atoms with E-state index in [1.165, 1.54) is 5.56 Å². The normalized spacial score (nSPS) is 11.7. The standard InChI is InChI=1S/C21H27NO3/c1-14-9-10-19(16(3)13-14)24-12-11-22-21(23)18(5)25-20-8-6-7-15(2)17(20)4/h6-10,13,18H,11-12H2,1-5H3,(H,22,23). The fraction of sp³-hybridized carbons (Fsp3) is 0.381. The first-order chi connectivity index (χ1) is 11.9. The van der Waals surface area contributed by atoms with Crippen LogP contribution in [-0.4, -0.2) is 25.2 Å². The molecular formula is C21H27NO3. The molecule has 1 N–H and O–H groups in total. The molecule has 1 unspecified atom stereocenters. The topological polar surface area (TPSA) is 47.6 Å². The van der Waals surface area contributed by atoms with Crippen LogP contribution in [0.4, 0.5) is 0 Å². The van der Waals surface area contributed by atoms with Gasteiger partial charge < -0.3 is 14.8 Å². The molecule has 0 heterocycles. The Kier molecular flexibility index (Phi) is 6.45. The number of amides is 1. The van der Waals surface area contributed by atoms with Gasteiger partial charge in [-0.1, -0.05) is 29.8 Å². The molecule has 0 spiro atoms. The van der Waals surface area contributed by atoms with Crippen LogP contribution in [0, 0.1) is 27.7 Å². The molecule has 4 nitrogen and oxygen atoms in total. The third-order valence-corrected chi connectivity index (χ3v) is 4.22. The van der Waals surface area contributed by atoms with Crippen LogP contribution in [0.25, 0.3) is 0 Å². The maximum Gasteiger partial charge on any atom is 0.260 e. The van der Waals surface area contributed by atoms with E-state index in [4.69, 9.17) is 9.47 Å². The molecule has 0 aliphatic heterocycles. The molecule has 2 aromatic rings. The third-order valence-electron chi connectivity index (χ3n) is 4.22. The van der Waals surface area contributed by atoms with Crippen LogP contribution in [0.2, 0.25) is 0 Å². The quantitative estimate of drug-likeness (QED) is 0.778. The number of carbonyl (C=O) groups is 1. The highest BCUT2D eigenvalue weighted by Crippen LogP contribution is 2.21. The Morgan fingerprint density at radius 2 is 1.80 bits per heavy atom. The molecule has 0 aliphatic rings. The smallest absolute Gasteiger partial charge is 0.260 e. The van der Waals surface area contributed by atoms with Gasteiger partial charge >= 0.3 is 0 Å². The average Bonchev–Trinajstić information content (AvgIpc) is 2.57. The van der Waals surface area contributed by atoms with Gasteiger partial charge in [-0.2, -0.15) is 0 Å². The molecule has 0 saturated carbocycles. The minimum absolute atomic E-state index is 0.148. The summed E-state index contributed by atoms with van der Waals surface area (Å²) in [5, 5.41) is 2.85. The number of hydrogen-bond acceptors (Lipinski definition) is 3. The maximum atomic E-state index is 12.2. The number of ether oxygens (including phenoxy) is 2. The van der Waals surface area contributed by atoms with Crippen LogP contribution >= 0.6 is 0 Å². The van der Waals surface area contributed by atoms with Crippen molar-refractivity contribution in [3.8, 4) is 11.5 Å². The lowest BCUT2D eigenvalue weighted by Gasteiger charge is -2.17. The van der Waals surface area contributed by atoms with E-state index in [1.807, 2.05) is 58.0 Å². The molecule has 0 aliphatic carbocycles. The Morgan fingerprint density at radius 1 is 1.04 bits per heavy atom. The SMILES string of the molecule is Cc1ccc(OCCNC(=O)C(C)Oc2cccc(C)c2C)c(C)c1. The van der Waals surface area contributed by atoms with E-state index >= 15 is 0 Å². The molecule has 1 amide bonds. The van der Waals surface area contributed by atoms with Crippen molar-refractivity contribution in [1.29, 1.82) is 0 Å². The Morgan fingerprint density at radius 3 is 2.52 bits per heavy atom. The molecule has 0 aromatic heterocycles. The lowest BCUT2D eigenvalue weighted by Crippen LogP contribution is -2.38. The Hall–Kier alpha value is -2.49.